The van der Waals surface area contributed by atoms with Crippen LogP contribution < -0.4 is 9.77 Å². The molecule has 0 fully saturated rings. The lowest BCUT2D eigenvalue weighted by Crippen LogP contribution is -2.03. The molecule has 0 saturated carbocycles. The average molecular weight is 96.1 g/mol. The van der Waals surface area contributed by atoms with E-state index in [0.717, 1.165) is 0 Å². The Balaban J connectivity index is 2.19. The number of rotatable bonds is 2. The zero-order valence-corrected chi connectivity index (χ0v) is 3.12. The van der Waals surface area contributed by atoms with Gasteiger partial charge in [0.2, 0.25) is 0 Å². The van der Waals surface area contributed by atoms with Crippen LogP contribution in [0.4, 0.5) is 0 Å². The fourth-order valence-corrected chi connectivity index (χ4v) is 0.0612. The molecular formula is H4N2O2S. The first-order chi connectivity index (χ1) is 2.41. The van der Waals surface area contributed by atoms with E-state index in [0.29, 0.717) is 12.1 Å². The molecule has 0 rings (SSSR count). The van der Waals surface area contributed by atoms with E-state index in [1.54, 1.807) is 9.77 Å². The average Bonchev–Trinajstić information content (AvgIpc) is 1.41. The number of nitrogens with one attached hydrogen (secondary N) is 2. The maximum atomic E-state index is 7.56. The van der Waals surface area contributed by atoms with Gasteiger partial charge in [-0.3, -0.25) is 0 Å². The van der Waals surface area contributed by atoms with Gasteiger partial charge in [0.05, 0.1) is 12.1 Å². The summed E-state index contributed by atoms with van der Waals surface area (Å²) in [5, 5.41) is 15.1. The Morgan fingerprint density at radius 2 is 1.60 bits per heavy atom. The van der Waals surface area contributed by atoms with Crippen LogP contribution in [0.5, 0.6) is 0 Å². The lowest BCUT2D eigenvalue weighted by atomic mass is 13.5. The first kappa shape index (κ1) is 5.19. The van der Waals surface area contributed by atoms with Gasteiger partial charge in [0, 0.05) is 0 Å². The maximum absolute atomic E-state index is 7.56. The molecule has 4 N–H and O–H groups in total. The summed E-state index contributed by atoms with van der Waals surface area (Å²) in [4.78, 5) is 3.15. The zero-order valence-electron chi connectivity index (χ0n) is 2.30. The van der Waals surface area contributed by atoms with E-state index in [1.807, 2.05) is 0 Å². The highest BCUT2D eigenvalue weighted by atomic mass is 32.2. The van der Waals surface area contributed by atoms with Crippen LogP contribution in [-0.2, 0) is 0 Å². The van der Waals surface area contributed by atoms with Gasteiger partial charge in [0.1, 0.15) is 0 Å². The van der Waals surface area contributed by atoms with Crippen molar-refractivity contribution in [2.45, 2.75) is 0 Å². The van der Waals surface area contributed by atoms with Gasteiger partial charge >= 0.3 is 0 Å². The highest BCUT2D eigenvalue weighted by molar-refractivity contribution is 7.95. The maximum Gasteiger partial charge on any atom is 0.0551 e. The topological polar surface area (TPSA) is 64.5 Å². The van der Waals surface area contributed by atoms with Crippen molar-refractivity contribution >= 4 is 12.1 Å². The van der Waals surface area contributed by atoms with Gasteiger partial charge in [0.15, 0.2) is 0 Å². The molecule has 0 heterocycles. The Bertz CT molecular complexity index is 15.1. The van der Waals surface area contributed by atoms with Crippen LogP contribution in [0, 0.1) is 0 Å². The molecule has 0 aromatic carbocycles. The predicted molar refractivity (Wildman–Crippen MR) is 17.4 cm³/mol. The standard InChI is InChI=1S/H4N2O2S/c3-1-5-2-4/h1-4H. The second kappa shape index (κ2) is 4.19. The molecule has 0 atom stereocenters. The molecule has 0 radical (unpaired) electrons. The summed E-state index contributed by atoms with van der Waals surface area (Å²) in [6.45, 7) is 0. The van der Waals surface area contributed by atoms with Gasteiger partial charge in [-0.2, -0.15) is 0 Å². The molecule has 0 aromatic rings. The minimum atomic E-state index is 0.574. The zero-order chi connectivity index (χ0) is 4.12. The third-order valence-electron chi connectivity index (χ3n) is 0.0913. The normalized spacial score (nSPS) is 8.40. The lowest BCUT2D eigenvalue weighted by molar-refractivity contribution is 0.227. The number of hydrogen-bond acceptors (Lipinski definition) is 5. The van der Waals surface area contributed by atoms with E-state index >= 15 is 0 Å². The van der Waals surface area contributed by atoms with E-state index in [4.69, 9.17) is 10.4 Å². The van der Waals surface area contributed by atoms with Crippen molar-refractivity contribution in [2.24, 2.45) is 0 Å². The third kappa shape index (κ3) is 4.19. The molecule has 5 heavy (non-hydrogen) atoms. The Kier molecular flexibility index (Phi) is 4.35. The van der Waals surface area contributed by atoms with E-state index in [-0.39, 0.29) is 0 Å². The van der Waals surface area contributed by atoms with Crippen molar-refractivity contribution < 1.29 is 10.4 Å². The summed E-state index contributed by atoms with van der Waals surface area (Å²) in [6.07, 6.45) is 0. The molecule has 4 nitrogen and oxygen atoms in total. The summed E-state index contributed by atoms with van der Waals surface area (Å²) in [6, 6.07) is 0. The van der Waals surface area contributed by atoms with Crippen molar-refractivity contribution in [3.8, 4) is 0 Å². The van der Waals surface area contributed by atoms with Gasteiger partial charge in [-0.05, 0) is 0 Å². The van der Waals surface area contributed by atoms with Gasteiger partial charge in [0.25, 0.3) is 0 Å². The molecule has 0 aliphatic carbocycles. The second-order valence-electron chi connectivity index (χ2n) is 0.285. The SMILES string of the molecule is ONSNO. The van der Waals surface area contributed by atoms with Gasteiger partial charge < -0.3 is 10.4 Å². The highest BCUT2D eigenvalue weighted by Gasteiger charge is 1.64. The van der Waals surface area contributed by atoms with Crippen molar-refractivity contribution in [3.63, 3.8) is 0 Å². The molecular weight excluding hydrogens is 92.1 g/mol. The summed E-state index contributed by atoms with van der Waals surface area (Å²) in [7, 11) is 0. The van der Waals surface area contributed by atoms with Crippen molar-refractivity contribution in [2.75, 3.05) is 0 Å². The van der Waals surface area contributed by atoms with Gasteiger partial charge in [-0.15, -0.1) is 9.77 Å². The Labute approximate surface area is 33.4 Å². The Hall–Kier alpha value is 0.190. The molecule has 0 unspecified atom stereocenters. The molecule has 0 aliphatic heterocycles. The summed E-state index contributed by atoms with van der Waals surface area (Å²) >= 11 is 0.574. The Morgan fingerprint density at radius 1 is 1.20 bits per heavy atom. The van der Waals surface area contributed by atoms with Crippen LogP contribution in [0.3, 0.4) is 0 Å². The fourth-order valence-electron chi connectivity index (χ4n) is 0.0204. The lowest BCUT2D eigenvalue weighted by Gasteiger charge is -1.84. The number of hydrogen-bond donors (Lipinski definition) is 4. The van der Waals surface area contributed by atoms with Crippen LogP contribution in [0.1, 0.15) is 0 Å². The summed E-state index contributed by atoms with van der Waals surface area (Å²) < 4.78 is 0. The molecule has 5 heteroatoms. The molecule has 0 spiro atoms. The second-order valence-corrected chi connectivity index (χ2v) is 0.854. The molecule has 0 aliphatic rings. The van der Waals surface area contributed by atoms with Crippen LogP contribution in [-0.4, -0.2) is 10.4 Å². The van der Waals surface area contributed by atoms with Crippen LogP contribution in [0.2, 0.25) is 0 Å². The van der Waals surface area contributed by atoms with E-state index in [1.165, 1.54) is 0 Å². The third-order valence-corrected chi connectivity index (χ3v) is 0.274. The van der Waals surface area contributed by atoms with Crippen LogP contribution in [0.25, 0.3) is 0 Å². The fraction of sp³-hybridized carbons (Fsp3) is 0. The molecule has 32 valence electrons. The largest absolute Gasteiger partial charge is 0.305 e. The smallest absolute Gasteiger partial charge is 0.0551 e. The van der Waals surface area contributed by atoms with E-state index in [2.05, 4.69) is 0 Å². The first-order valence-corrected chi connectivity index (χ1v) is 1.67. The highest BCUT2D eigenvalue weighted by Crippen LogP contribution is 1.70. The molecule has 0 saturated heterocycles. The summed E-state index contributed by atoms with van der Waals surface area (Å²) in [5.74, 6) is 0. The first-order valence-electron chi connectivity index (χ1n) is 0.855. The Morgan fingerprint density at radius 3 is 1.60 bits per heavy atom. The quantitative estimate of drug-likeness (QED) is 0.276. The van der Waals surface area contributed by atoms with Crippen molar-refractivity contribution in [1.29, 1.82) is 0 Å². The summed E-state index contributed by atoms with van der Waals surface area (Å²) in [5.41, 5.74) is 0. The predicted octanol–water partition coefficient (Wildman–Crippen LogP) is -0.493. The minimum absolute atomic E-state index is 0.574. The van der Waals surface area contributed by atoms with Gasteiger partial charge in [-0.1, -0.05) is 0 Å². The van der Waals surface area contributed by atoms with E-state index in [9.17, 15) is 0 Å². The monoisotopic (exact) mass is 96.0 g/mol. The molecule has 0 aromatic heterocycles. The van der Waals surface area contributed by atoms with Crippen LogP contribution >= 0.6 is 12.1 Å². The van der Waals surface area contributed by atoms with Crippen molar-refractivity contribution in [1.82, 2.24) is 9.77 Å². The van der Waals surface area contributed by atoms with Gasteiger partial charge in [-0.25, -0.2) is 0 Å². The molecule has 0 bridgehead atoms. The van der Waals surface area contributed by atoms with Crippen LogP contribution in [0.15, 0.2) is 0 Å². The van der Waals surface area contributed by atoms with E-state index < -0.39 is 0 Å². The minimum Gasteiger partial charge on any atom is -0.305 e. The van der Waals surface area contributed by atoms with Crippen molar-refractivity contribution in [3.05, 3.63) is 0 Å². The molecule has 0 amide bonds.